The smallest absolute Gasteiger partial charge is 0.243 e. The summed E-state index contributed by atoms with van der Waals surface area (Å²) in [5.74, 6) is 0. The van der Waals surface area contributed by atoms with Crippen LogP contribution in [0.25, 0.3) is 5.69 Å². The van der Waals surface area contributed by atoms with Crippen LogP contribution in [0.4, 0.5) is 5.69 Å². The maximum atomic E-state index is 12.9. The molecule has 8 heteroatoms. The zero-order valence-electron chi connectivity index (χ0n) is 16.4. The topological polar surface area (TPSA) is 58.4 Å². The Morgan fingerprint density at radius 1 is 0.931 bits per heavy atom. The molecule has 3 aromatic rings. The summed E-state index contributed by atoms with van der Waals surface area (Å²) < 4.78 is 29.3. The van der Waals surface area contributed by atoms with E-state index in [1.807, 2.05) is 41.9 Å². The van der Waals surface area contributed by atoms with E-state index in [4.69, 9.17) is 16.7 Å². The van der Waals surface area contributed by atoms with Crippen LogP contribution < -0.4 is 4.90 Å². The Labute approximate surface area is 176 Å². The van der Waals surface area contributed by atoms with Crippen molar-refractivity contribution in [1.29, 1.82) is 0 Å². The Kier molecular flexibility index (Phi) is 5.38. The minimum atomic E-state index is -3.55. The molecule has 2 heterocycles. The van der Waals surface area contributed by atoms with Gasteiger partial charge in [-0.3, -0.25) is 0 Å². The van der Waals surface area contributed by atoms with Crippen molar-refractivity contribution in [2.45, 2.75) is 18.7 Å². The standard InChI is InChI=1S/C21H23ClN4O2S/c1-16-21(17(2)26(23-16)19-8-4-3-5-9-19)24-11-13-25(14-12-24)29(27,28)20-10-6-7-18(22)15-20/h3-10,15H,11-14H2,1-2H3. The number of sulfonamides is 1. The number of aromatic nitrogens is 2. The third kappa shape index (κ3) is 3.77. The van der Waals surface area contributed by atoms with E-state index in [0.717, 1.165) is 22.8 Å². The SMILES string of the molecule is Cc1nn(-c2ccccc2)c(C)c1N1CCN(S(=O)(=O)c2cccc(Cl)c2)CC1. The molecule has 6 nitrogen and oxygen atoms in total. The number of hydrogen-bond donors (Lipinski definition) is 0. The second-order valence-corrected chi connectivity index (χ2v) is 9.49. The molecule has 0 atom stereocenters. The molecule has 1 saturated heterocycles. The highest BCUT2D eigenvalue weighted by molar-refractivity contribution is 7.89. The van der Waals surface area contributed by atoms with Gasteiger partial charge >= 0.3 is 0 Å². The Bertz CT molecular complexity index is 1120. The van der Waals surface area contributed by atoms with Crippen LogP contribution in [0.15, 0.2) is 59.5 Å². The van der Waals surface area contributed by atoms with Crippen molar-refractivity contribution in [3.05, 3.63) is 71.0 Å². The molecular weight excluding hydrogens is 408 g/mol. The molecule has 1 aromatic heterocycles. The van der Waals surface area contributed by atoms with Crippen LogP contribution in [-0.2, 0) is 10.0 Å². The van der Waals surface area contributed by atoms with Crippen LogP contribution in [-0.4, -0.2) is 48.7 Å². The lowest BCUT2D eigenvalue weighted by atomic mass is 10.2. The van der Waals surface area contributed by atoms with Gasteiger partial charge in [0.05, 0.1) is 27.7 Å². The van der Waals surface area contributed by atoms with Crippen molar-refractivity contribution in [3.63, 3.8) is 0 Å². The minimum Gasteiger partial charge on any atom is -0.366 e. The van der Waals surface area contributed by atoms with Crippen LogP contribution >= 0.6 is 11.6 Å². The average Bonchev–Trinajstić information content (AvgIpc) is 3.03. The third-order valence-electron chi connectivity index (χ3n) is 5.24. The number of nitrogens with zero attached hydrogens (tertiary/aromatic N) is 4. The summed E-state index contributed by atoms with van der Waals surface area (Å²) in [6.07, 6.45) is 0. The zero-order chi connectivity index (χ0) is 20.6. The summed E-state index contributed by atoms with van der Waals surface area (Å²) in [5.41, 5.74) is 4.09. The fraction of sp³-hybridized carbons (Fsp3) is 0.286. The first kappa shape index (κ1) is 19.9. The first-order chi connectivity index (χ1) is 13.9. The largest absolute Gasteiger partial charge is 0.366 e. The summed E-state index contributed by atoms with van der Waals surface area (Å²) >= 11 is 5.98. The van der Waals surface area contributed by atoms with Gasteiger partial charge in [-0.15, -0.1) is 0 Å². The van der Waals surface area contributed by atoms with E-state index in [-0.39, 0.29) is 4.90 Å². The average molecular weight is 431 g/mol. The first-order valence-corrected chi connectivity index (χ1v) is 11.3. The minimum absolute atomic E-state index is 0.239. The number of para-hydroxylation sites is 1. The molecule has 1 fully saturated rings. The summed E-state index contributed by atoms with van der Waals surface area (Å²) in [4.78, 5) is 2.46. The fourth-order valence-corrected chi connectivity index (χ4v) is 5.56. The van der Waals surface area contributed by atoms with Gasteiger partial charge in [0.2, 0.25) is 10.0 Å². The molecule has 0 unspecified atom stereocenters. The molecule has 0 amide bonds. The highest BCUT2D eigenvalue weighted by Gasteiger charge is 2.30. The monoisotopic (exact) mass is 430 g/mol. The molecule has 0 saturated carbocycles. The van der Waals surface area contributed by atoms with E-state index in [1.54, 1.807) is 18.2 Å². The number of aryl methyl sites for hydroxylation is 1. The first-order valence-electron chi connectivity index (χ1n) is 9.50. The molecular formula is C21H23ClN4O2S. The van der Waals surface area contributed by atoms with Crippen LogP contribution in [0.3, 0.4) is 0 Å². The summed E-state index contributed by atoms with van der Waals surface area (Å²) in [7, 11) is -3.55. The number of anilines is 1. The second-order valence-electron chi connectivity index (χ2n) is 7.12. The molecule has 0 bridgehead atoms. The quantitative estimate of drug-likeness (QED) is 0.633. The van der Waals surface area contributed by atoms with Crippen LogP contribution in [0.2, 0.25) is 5.02 Å². The molecule has 152 valence electrons. The van der Waals surface area contributed by atoms with Crippen molar-refractivity contribution < 1.29 is 8.42 Å². The Balaban J connectivity index is 1.54. The van der Waals surface area contributed by atoms with E-state index in [1.165, 1.54) is 10.4 Å². The van der Waals surface area contributed by atoms with Gasteiger partial charge in [-0.05, 0) is 44.2 Å². The number of hydrogen-bond acceptors (Lipinski definition) is 4. The van der Waals surface area contributed by atoms with E-state index in [9.17, 15) is 8.42 Å². The second kappa shape index (κ2) is 7.82. The maximum Gasteiger partial charge on any atom is 0.243 e. The van der Waals surface area contributed by atoms with Crippen molar-refractivity contribution in [2.75, 3.05) is 31.1 Å². The molecule has 29 heavy (non-hydrogen) atoms. The lowest BCUT2D eigenvalue weighted by Gasteiger charge is -2.35. The number of benzene rings is 2. The third-order valence-corrected chi connectivity index (χ3v) is 7.37. The Hall–Kier alpha value is -2.35. The van der Waals surface area contributed by atoms with Crippen molar-refractivity contribution in [1.82, 2.24) is 14.1 Å². The molecule has 0 radical (unpaired) electrons. The van der Waals surface area contributed by atoms with Gasteiger partial charge in [-0.1, -0.05) is 35.9 Å². The fourth-order valence-electron chi connectivity index (χ4n) is 3.84. The lowest BCUT2D eigenvalue weighted by Crippen LogP contribution is -2.49. The summed E-state index contributed by atoms with van der Waals surface area (Å²) in [6.45, 7) is 6.12. The Morgan fingerprint density at radius 2 is 1.62 bits per heavy atom. The Morgan fingerprint density at radius 3 is 2.28 bits per heavy atom. The van der Waals surface area contributed by atoms with Crippen molar-refractivity contribution >= 4 is 27.3 Å². The highest BCUT2D eigenvalue weighted by Crippen LogP contribution is 2.29. The van der Waals surface area contributed by atoms with E-state index in [0.29, 0.717) is 31.2 Å². The molecule has 1 aliphatic heterocycles. The molecule has 2 aromatic carbocycles. The molecule has 0 aliphatic carbocycles. The van der Waals surface area contributed by atoms with E-state index < -0.39 is 10.0 Å². The lowest BCUT2D eigenvalue weighted by molar-refractivity contribution is 0.384. The van der Waals surface area contributed by atoms with Crippen molar-refractivity contribution in [3.8, 4) is 5.69 Å². The number of rotatable bonds is 4. The zero-order valence-corrected chi connectivity index (χ0v) is 18.0. The van der Waals surface area contributed by atoms with E-state index >= 15 is 0 Å². The molecule has 1 aliphatic rings. The van der Waals surface area contributed by atoms with Gasteiger partial charge in [-0.25, -0.2) is 13.1 Å². The van der Waals surface area contributed by atoms with Crippen molar-refractivity contribution in [2.24, 2.45) is 0 Å². The highest BCUT2D eigenvalue weighted by atomic mass is 35.5. The van der Waals surface area contributed by atoms with Gasteiger partial charge < -0.3 is 4.90 Å². The summed E-state index contributed by atoms with van der Waals surface area (Å²) in [6, 6.07) is 16.4. The summed E-state index contributed by atoms with van der Waals surface area (Å²) in [5, 5.41) is 5.13. The van der Waals surface area contributed by atoms with Gasteiger partial charge in [0, 0.05) is 31.2 Å². The van der Waals surface area contributed by atoms with Crippen LogP contribution in [0.5, 0.6) is 0 Å². The number of halogens is 1. The van der Waals surface area contributed by atoms with Gasteiger partial charge in [0.1, 0.15) is 0 Å². The van der Waals surface area contributed by atoms with Crippen LogP contribution in [0, 0.1) is 13.8 Å². The normalized spacial score (nSPS) is 15.6. The predicted octanol–water partition coefficient (Wildman–Crippen LogP) is 3.65. The molecule has 4 rings (SSSR count). The maximum absolute atomic E-state index is 12.9. The van der Waals surface area contributed by atoms with Gasteiger partial charge in [0.25, 0.3) is 0 Å². The van der Waals surface area contributed by atoms with E-state index in [2.05, 4.69) is 11.8 Å². The predicted molar refractivity (Wildman–Crippen MR) is 115 cm³/mol. The van der Waals surface area contributed by atoms with Gasteiger partial charge in [0.15, 0.2) is 0 Å². The van der Waals surface area contributed by atoms with Crippen LogP contribution in [0.1, 0.15) is 11.4 Å². The van der Waals surface area contributed by atoms with Gasteiger partial charge in [-0.2, -0.15) is 9.40 Å². The molecule has 0 N–H and O–H groups in total. The number of piperazine rings is 1. The molecule has 0 spiro atoms.